The average Bonchev–Trinajstić information content (AvgIpc) is 2.99. The number of alkyl halides is 3. The number of carbonyl (C=O) groups is 2. The molecule has 0 aliphatic carbocycles. The summed E-state index contributed by atoms with van der Waals surface area (Å²) in [7, 11) is 0. The number of pyridine rings is 1. The molecule has 2 atom stereocenters. The molecule has 1 aliphatic heterocycles. The number of nitrogens with zero attached hydrogens (tertiary/aromatic N) is 2. The second-order valence-corrected chi connectivity index (χ2v) is 6.13. The van der Waals surface area contributed by atoms with Gasteiger partial charge in [-0.3, -0.25) is 14.6 Å². The van der Waals surface area contributed by atoms with Crippen molar-refractivity contribution >= 4 is 47.6 Å². The SMILES string of the molecule is Cc1ccc2cccc(C(=O)N3C[C@@H](C(F)(F)F)[C@H](C(=O)O)C3)c2n1.Cl.Cl. The van der Waals surface area contributed by atoms with E-state index in [1.54, 1.807) is 31.2 Å². The van der Waals surface area contributed by atoms with Gasteiger partial charge in [-0.05, 0) is 19.1 Å². The maximum Gasteiger partial charge on any atom is 0.394 e. The van der Waals surface area contributed by atoms with Crippen LogP contribution in [0, 0.1) is 18.8 Å². The fourth-order valence-corrected chi connectivity index (χ4v) is 3.14. The van der Waals surface area contributed by atoms with Crippen molar-refractivity contribution in [3.63, 3.8) is 0 Å². The maximum absolute atomic E-state index is 13.1. The summed E-state index contributed by atoms with van der Waals surface area (Å²) < 4.78 is 39.3. The number of aryl methyl sites for hydroxylation is 1. The third-order valence-corrected chi connectivity index (χ3v) is 4.43. The molecule has 10 heteroatoms. The summed E-state index contributed by atoms with van der Waals surface area (Å²) in [4.78, 5) is 29.2. The number of aliphatic carboxylic acids is 1. The Morgan fingerprint density at radius 3 is 2.37 bits per heavy atom. The molecular formula is C17H17Cl2F3N2O3. The van der Waals surface area contributed by atoms with Gasteiger partial charge in [0.1, 0.15) is 0 Å². The highest BCUT2D eigenvalue weighted by molar-refractivity contribution is 6.05. The monoisotopic (exact) mass is 424 g/mol. The zero-order valence-corrected chi connectivity index (χ0v) is 15.7. The van der Waals surface area contributed by atoms with E-state index in [0.29, 0.717) is 16.6 Å². The Morgan fingerprint density at radius 2 is 1.81 bits per heavy atom. The van der Waals surface area contributed by atoms with E-state index in [0.717, 1.165) is 4.90 Å². The van der Waals surface area contributed by atoms with E-state index in [1.807, 2.05) is 0 Å². The molecule has 0 radical (unpaired) electrons. The second kappa shape index (κ2) is 8.31. The van der Waals surface area contributed by atoms with Gasteiger partial charge in [0.2, 0.25) is 0 Å². The molecule has 2 aromatic rings. The minimum atomic E-state index is -4.67. The van der Waals surface area contributed by atoms with Crippen LogP contribution in [0.15, 0.2) is 30.3 Å². The molecule has 27 heavy (non-hydrogen) atoms. The van der Waals surface area contributed by atoms with Crippen LogP contribution in [0.5, 0.6) is 0 Å². The number of fused-ring (bicyclic) bond motifs is 1. The Bertz CT molecular complexity index is 861. The summed E-state index contributed by atoms with van der Waals surface area (Å²) in [5, 5.41) is 9.77. The molecule has 3 rings (SSSR count). The van der Waals surface area contributed by atoms with Crippen LogP contribution in [0.4, 0.5) is 13.2 Å². The number of likely N-dealkylation sites (tertiary alicyclic amines) is 1. The third kappa shape index (κ3) is 4.44. The number of hydrogen-bond donors (Lipinski definition) is 1. The molecule has 0 unspecified atom stereocenters. The van der Waals surface area contributed by atoms with Gasteiger partial charge in [0.25, 0.3) is 5.91 Å². The first-order valence-corrected chi connectivity index (χ1v) is 7.63. The number of halogens is 5. The minimum absolute atomic E-state index is 0. The molecule has 0 bridgehead atoms. The summed E-state index contributed by atoms with van der Waals surface area (Å²) in [6, 6.07) is 8.41. The van der Waals surface area contributed by atoms with Crippen molar-refractivity contribution in [2.24, 2.45) is 11.8 Å². The van der Waals surface area contributed by atoms with E-state index in [2.05, 4.69) is 4.98 Å². The fourth-order valence-electron chi connectivity index (χ4n) is 3.14. The smallest absolute Gasteiger partial charge is 0.394 e. The molecule has 1 aliphatic rings. The molecule has 1 N–H and O–H groups in total. The van der Waals surface area contributed by atoms with Gasteiger partial charge in [0.05, 0.1) is 22.9 Å². The lowest BCUT2D eigenvalue weighted by Gasteiger charge is -2.19. The van der Waals surface area contributed by atoms with Crippen LogP contribution < -0.4 is 0 Å². The topological polar surface area (TPSA) is 70.5 Å². The lowest BCUT2D eigenvalue weighted by atomic mass is 9.96. The molecule has 1 aromatic heterocycles. The molecule has 1 aromatic carbocycles. The normalized spacial score (nSPS) is 19.3. The summed E-state index contributed by atoms with van der Waals surface area (Å²) in [6.45, 7) is 0.610. The van der Waals surface area contributed by atoms with Gasteiger partial charge in [-0.15, -0.1) is 24.8 Å². The lowest BCUT2D eigenvalue weighted by Crippen LogP contribution is -2.34. The fraction of sp³-hybridized carbons (Fsp3) is 0.353. The molecule has 2 heterocycles. The largest absolute Gasteiger partial charge is 0.481 e. The van der Waals surface area contributed by atoms with Crippen LogP contribution in [0.25, 0.3) is 10.9 Å². The Hall–Kier alpha value is -2.06. The average molecular weight is 425 g/mol. The maximum atomic E-state index is 13.1. The summed E-state index contributed by atoms with van der Waals surface area (Å²) >= 11 is 0. The first kappa shape index (κ1) is 23.0. The van der Waals surface area contributed by atoms with Gasteiger partial charge in [-0.2, -0.15) is 13.2 Å². The summed E-state index contributed by atoms with van der Waals surface area (Å²) in [5.41, 5.74) is 1.24. The molecule has 1 fully saturated rings. The molecule has 0 saturated carbocycles. The first-order chi connectivity index (χ1) is 11.7. The van der Waals surface area contributed by atoms with E-state index in [-0.39, 0.29) is 30.4 Å². The highest BCUT2D eigenvalue weighted by Crippen LogP contribution is 2.38. The van der Waals surface area contributed by atoms with Gasteiger partial charge in [0, 0.05) is 24.2 Å². The summed E-state index contributed by atoms with van der Waals surface area (Å²) in [6.07, 6.45) is -4.67. The molecule has 5 nitrogen and oxygen atoms in total. The lowest BCUT2D eigenvalue weighted by molar-refractivity contribution is -0.187. The zero-order chi connectivity index (χ0) is 18.4. The Kier molecular flexibility index (Phi) is 7.07. The highest BCUT2D eigenvalue weighted by Gasteiger charge is 2.53. The van der Waals surface area contributed by atoms with Crippen molar-refractivity contribution in [3.05, 3.63) is 41.6 Å². The van der Waals surface area contributed by atoms with Crippen LogP contribution in [0.1, 0.15) is 16.1 Å². The van der Waals surface area contributed by atoms with E-state index in [9.17, 15) is 22.8 Å². The van der Waals surface area contributed by atoms with E-state index >= 15 is 0 Å². The Morgan fingerprint density at radius 1 is 1.15 bits per heavy atom. The quantitative estimate of drug-likeness (QED) is 0.797. The van der Waals surface area contributed by atoms with E-state index in [4.69, 9.17) is 5.11 Å². The number of carbonyl (C=O) groups excluding carboxylic acids is 1. The Labute approximate surface area is 165 Å². The van der Waals surface area contributed by atoms with Gasteiger partial charge in [0.15, 0.2) is 0 Å². The van der Waals surface area contributed by atoms with Crippen LogP contribution >= 0.6 is 24.8 Å². The van der Waals surface area contributed by atoms with Crippen molar-refractivity contribution < 1.29 is 27.9 Å². The number of rotatable bonds is 2. The predicted octanol–water partition coefficient (Wildman–Crippen LogP) is 3.72. The van der Waals surface area contributed by atoms with Gasteiger partial charge in [-0.1, -0.05) is 18.2 Å². The van der Waals surface area contributed by atoms with Crippen LogP contribution in [0.3, 0.4) is 0 Å². The zero-order valence-electron chi connectivity index (χ0n) is 14.1. The summed E-state index contributed by atoms with van der Waals surface area (Å²) in [5.74, 6) is -5.92. The highest BCUT2D eigenvalue weighted by atomic mass is 35.5. The third-order valence-electron chi connectivity index (χ3n) is 4.43. The van der Waals surface area contributed by atoms with Gasteiger partial charge < -0.3 is 10.0 Å². The minimum Gasteiger partial charge on any atom is -0.481 e. The van der Waals surface area contributed by atoms with Gasteiger partial charge in [-0.25, -0.2) is 0 Å². The molecule has 0 spiro atoms. The predicted molar refractivity (Wildman–Crippen MR) is 97.6 cm³/mol. The van der Waals surface area contributed by atoms with Crippen molar-refractivity contribution in [1.29, 1.82) is 0 Å². The number of carboxylic acids is 1. The molecule has 1 saturated heterocycles. The number of aromatic nitrogens is 1. The number of para-hydroxylation sites is 1. The molecule has 1 amide bonds. The molecular weight excluding hydrogens is 408 g/mol. The second-order valence-electron chi connectivity index (χ2n) is 6.13. The number of amides is 1. The van der Waals surface area contributed by atoms with Crippen LogP contribution in [-0.4, -0.2) is 46.1 Å². The number of carboxylic acid groups (broad SMARTS) is 1. The molecule has 148 valence electrons. The van der Waals surface area contributed by atoms with E-state index < -0.39 is 43.0 Å². The van der Waals surface area contributed by atoms with Gasteiger partial charge >= 0.3 is 12.1 Å². The standard InChI is InChI=1S/C17H15F3N2O3.2ClH/c1-9-5-6-10-3-2-4-11(14(10)21-9)15(23)22-7-12(16(24)25)13(8-22)17(18,19)20;;/h2-6,12-13H,7-8H2,1H3,(H,24,25);2*1H/t12-,13-;;/m1../s1. The van der Waals surface area contributed by atoms with Crippen molar-refractivity contribution in [1.82, 2.24) is 9.88 Å². The van der Waals surface area contributed by atoms with E-state index in [1.165, 1.54) is 6.07 Å². The van der Waals surface area contributed by atoms with Crippen molar-refractivity contribution in [2.45, 2.75) is 13.1 Å². The van der Waals surface area contributed by atoms with Crippen LogP contribution in [-0.2, 0) is 4.79 Å². The number of hydrogen-bond acceptors (Lipinski definition) is 3. The number of benzene rings is 1. The van der Waals surface area contributed by atoms with Crippen molar-refractivity contribution in [3.8, 4) is 0 Å². The first-order valence-electron chi connectivity index (χ1n) is 7.63. The van der Waals surface area contributed by atoms with Crippen LogP contribution in [0.2, 0.25) is 0 Å². The Balaban J connectivity index is 0.00000182. The van der Waals surface area contributed by atoms with Crippen molar-refractivity contribution in [2.75, 3.05) is 13.1 Å².